The third kappa shape index (κ3) is 3.29. The van der Waals surface area contributed by atoms with Crippen LogP contribution in [-0.2, 0) is 4.74 Å². The van der Waals surface area contributed by atoms with Crippen molar-refractivity contribution in [3.05, 3.63) is 57.3 Å². The van der Waals surface area contributed by atoms with Crippen molar-refractivity contribution in [2.45, 2.75) is 0 Å². The molecule has 0 fully saturated rings. The Hall–Kier alpha value is -1.59. The molecule has 0 aromatic heterocycles. The van der Waals surface area contributed by atoms with Gasteiger partial charge >= 0.3 is 5.97 Å². The van der Waals surface area contributed by atoms with Crippen molar-refractivity contribution in [2.75, 3.05) is 7.11 Å². The first-order valence-electron chi connectivity index (χ1n) is 5.52. The van der Waals surface area contributed by atoms with Crippen LogP contribution in [0.25, 0.3) is 0 Å². The highest BCUT2D eigenvalue weighted by atomic mass is 79.9. The van der Waals surface area contributed by atoms with Crippen molar-refractivity contribution in [3.63, 3.8) is 0 Å². The lowest BCUT2D eigenvalue weighted by Gasteiger charge is -2.11. The molecule has 2 aromatic carbocycles. The van der Waals surface area contributed by atoms with E-state index in [1.807, 2.05) is 0 Å². The summed E-state index contributed by atoms with van der Waals surface area (Å²) >= 11 is 9.00. The number of carbonyl (C=O) groups is 1. The minimum Gasteiger partial charge on any atom is -0.465 e. The predicted octanol–water partition coefficient (Wildman–Crippen LogP) is 4.82. The van der Waals surface area contributed by atoms with Gasteiger partial charge in [0.25, 0.3) is 0 Å². The van der Waals surface area contributed by atoms with Crippen LogP contribution in [0.3, 0.4) is 0 Å². The molecule has 0 radical (unpaired) electrons. The fraction of sp³-hybridized carbons (Fsp3) is 0.0714. The Balaban J connectivity index is 2.47. The predicted molar refractivity (Wildman–Crippen MR) is 77.0 cm³/mol. The molecule has 2 rings (SSSR count). The van der Waals surface area contributed by atoms with Crippen molar-refractivity contribution in [1.82, 2.24) is 0 Å². The Morgan fingerprint density at radius 2 is 2.05 bits per heavy atom. The van der Waals surface area contributed by atoms with Gasteiger partial charge in [0.1, 0.15) is 22.9 Å². The minimum atomic E-state index is -0.813. The second-order valence-electron chi connectivity index (χ2n) is 3.81. The third-order valence-corrected chi connectivity index (χ3v) is 3.13. The second-order valence-corrected chi connectivity index (χ2v) is 5.16. The van der Waals surface area contributed by atoms with Crippen LogP contribution in [0.2, 0.25) is 5.02 Å². The van der Waals surface area contributed by atoms with E-state index in [9.17, 15) is 9.18 Å². The molecule has 20 heavy (non-hydrogen) atoms. The lowest BCUT2D eigenvalue weighted by atomic mass is 10.2. The maximum absolute atomic E-state index is 13.9. The van der Waals surface area contributed by atoms with E-state index in [-0.39, 0.29) is 11.3 Å². The van der Waals surface area contributed by atoms with Crippen LogP contribution in [0.5, 0.6) is 11.5 Å². The molecule has 0 N–H and O–H groups in total. The average Bonchev–Trinajstić information content (AvgIpc) is 2.37. The monoisotopic (exact) mass is 358 g/mol. The number of ether oxygens (including phenoxy) is 2. The molecule has 0 aliphatic rings. The molecule has 104 valence electrons. The average molecular weight is 360 g/mol. The summed E-state index contributed by atoms with van der Waals surface area (Å²) in [5.74, 6) is -1.11. The van der Waals surface area contributed by atoms with Gasteiger partial charge in [0.2, 0.25) is 0 Å². The van der Waals surface area contributed by atoms with E-state index in [0.29, 0.717) is 15.2 Å². The quantitative estimate of drug-likeness (QED) is 0.737. The molecule has 0 bridgehead atoms. The zero-order chi connectivity index (χ0) is 14.7. The first-order valence-corrected chi connectivity index (χ1v) is 6.69. The summed E-state index contributed by atoms with van der Waals surface area (Å²) in [5.41, 5.74) is -0.268. The summed E-state index contributed by atoms with van der Waals surface area (Å²) in [7, 11) is 1.17. The van der Waals surface area contributed by atoms with Crippen LogP contribution >= 0.6 is 27.5 Å². The van der Waals surface area contributed by atoms with Crippen LogP contribution in [0.15, 0.2) is 40.9 Å². The van der Waals surface area contributed by atoms with E-state index >= 15 is 0 Å². The lowest BCUT2D eigenvalue weighted by molar-refractivity contribution is 0.0592. The Labute approximate surface area is 128 Å². The molecule has 0 aliphatic carbocycles. The first-order chi connectivity index (χ1) is 9.51. The summed E-state index contributed by atoms with van der Waals surface area (Å²) in [5, 5.41) is 0.470. The highest BCUT2D eigenvalue weighted by Gasteiger charge is 2.20. The summed E-state index contributed by atoms with van der Waals surface area (Å²) in [6, 6.07) is 9.21. The molecule has 0 atom stereocenters. The second kappa shape index (κ2) is 6.24. The molecule has 2 aromatic rings. The van der Waals surface area contributed by atoms with Gasteiger partial charge in [-0.2, -0.15) is 0 Å². The Morgan fingerprint density at radius 3 is 2.70 bits per heavy atom. The van der Waals surface area contributed by atoms with Crippen molar-refractivity contribution in [2.24, 2.45) is 0 Å². The summed E-state index contributed by atoms with van der Waals surface area (Å²) in [6.45, 7) is 0. The number of methoxy groups -OCH3 is 1. The molecule has 0 heterocycles. The zero-order valence-electron chi connectivity index (χ0n) is 10.3. The van der Waals surface area contributed by atoms with Gasteiger partial charge in [-0.15, -0.1) is 0 Å². The smallest absolute Gasteiger partial charge is 0.344 e. The van der Waals surface area contributed by atoms with Gasteiger partial charge in [-0.05, 0) is 30.3 Å². The SMILES string of the molecule is COC(=O)c1c(F)cc(Br)cc1Oc1cccc(Cl)c1. The van der Waals surface area contributed by atoms with Crippen LogP contribution in [0.4, 0.5) is 4.39 Å². The van der Waals surface area contributed by atoms with E-state index in [2.05, 4.69) is 20.7 Å². The summed E-state index contributed by atoms with van der Waals surface area (Å²) in [4.78, 5) is 11.6. The van der Waals surface area contributed by atoms with Crippen molar-refractivity contribution >= 4 is 33.5 Å². The topological polar surface area (TPSA) is 35.5 Å². The van der Waals surface area contributed by atoms with Gasteiger partial charge in [-0.3, -0.25) is 0 Å². The molecule has 0 saturated carbocycles. The highest BCUT2D eigenvalue weighted by molar-refractivity contribution is 9.10. The number of hydrogen-bond acceptors (Lipinski definition) is 3. The molecular weight excluding hydrogens is 351 g/mol. The maximum atomic E-state index is 13.9. The number of esters is 1. The van der Waals surface area contributed by atoms with Crippen LogP contribution in [0.1, 0.15) is 10.4 Å². The molecular formula is C14H9BrClFO3. The van der Waals surface area contributed by atoms with E-state index in [1.165, 1.54) is 13.2 Å². The van der Waals surface area contributed by atoms with Crippen LogP contribution in [-0.4, -0.2) is 13.1 Å². The first kappa shape index (κ1) is 14.8. The van der Waals surface area contributed by atoms with Crippen LogP contribution in [0, 0.1) is 5.82 Å². The molecule has 3 nitrogen and oxygen atoms in total. The zero-order valence-corrected chi connectivity index (χ0v) is 12.7. The number of halogens is 3. The number of benzene rings is 2. The standard InChI is InChI=1S/C14H9BrClFO3/c1-19-14(18)13-11(17)5-8(15)6-12(13)20-10-4-2-3-9(16)7-10/h2-7H,1H3. The number of rotatable bonds is 3. The van der Waals surface area contributed by atoms with Gasteiger partial charge in [0, 0.05) is 9.50 Å². The lowest BCUT2D eigenvalue weighted by Crippen LogP contribution is -2.07. The number of carbonyl (C=O) groups excluding carboxylic acids is 1. The van der Waals surface area contributed by atoms with Gasteiger partial charge in [-0.25, -0.2) is 9.18 Å². The van der Waals surface area contributed by atoms with Crippen molar-refractivity contribution < 1.29 is 18.7 Å². The van der Waals surface area contributed by atoms with E-state index < -0.39 is 11.8 Å². The van der Waals surface area contributed by atoms with Crippen molar-refractivity contribution in [3.8, 4) is 11.5 Å². The summed E-state index contributed by atoms with van der Waals surface area (Å²) in [6.07, 6.45) is 0. The fourth-order valence-electron chi connectivity index (χ4n) is 1.59. The molecule has 0 amide bonds. The molecule has 6 heteroatoms. The number of hydrogen-bond donors (Lipinski definition) is 0. The van der Waals surface area contributed by atoms with E-state index in [0.717, 1.165) is 6.07 Å². The molecule has 0 saturated heterocycles. The van der Waals surface area contributed by atoms with Gasteiger partial charge in [-0.1, -0.05) is 33.6 Å². The normalized spacial score (nSPS) is 10.2. The Morgan fingerprint density at radius 1 is 1.30 bits per heavy atom. The Kier molecular flexibility index (Phi) is 4.62. The highest BCUT2D eigenvalue weighted by Crippen LogP contribution is 2.32. The molecule has 0 aliphatic heterocycles. The van der Waals surface area contributed by atoms with Gasteiger partial charge < -0.3 is 9.47 Å². The Bertz CT molecular complexity index is 661. The maximum Gasteiger partial charge on any atom is 0.344 e. The third-order valence-electron chi connectivity index (χ3n) is 2.43. The molecule has 0 unspecified atom stereocenters. The van der Waals surface area contributed by atoms with Crippen molar-refractivity contribution in [1.29, 1.82) is 0 Å². The van der Waals surface area contributed by atoms with Crippen LogP contribution < -0.4 is 4.74 Å². The van der Waals surface area contributed by atoms with E-state index in [1.54, 1.807) is 24.3 Å². The fourth-order valence-corrected chi connectivity index (χ4v) is 2.18. The largest absolute Gasteiger partial charge is 0.465 e. The van der Waals surface area contributed by atoms with Gasteiger partial charge in [0.05, 0.1) is 7.11 Å². The van der Waals surface area contributed by atoms with Gasteiger partial charge in [0.15, 0.2) is 0 Å². The van der Waals surface area contributed by atoms with E-state index in [4.69, 9.17) is 16.3 Å². The summed E-state index contributed by atoms with van der Waals surface area (Å²) < 4.78 is 24.4. The molecule has 0 spiro atoms. The minimum absolute atomic E-state index is 0.0472.